The summed E-state index contributed by atoms with van der Waals surface area (Å²) < 4.78 is 0. The molecule has 0 aromatic heterocycles. The van der Waals surface area contributed by atoms with Crippen LogP contribution in [0, 0.1) is 5.41 Å². The SMILES string of the molecule is CCCCCC(C)(C)CNC(=O)N(CC)CCC(=O)O. The van der Waals surface area contributed by atoms with Gasteiger partial charge in [0.1, 0.15) is 0 Å². The first-order valence-corrected chi connectivity index (χ1v) is 7.57. The Labute approximate surface area is 122 Å². The zero-order chi connectivity index (χ0) is 15.6. The van der Waals surface area contributed by atoms with Crippen molar-refractivity contribution in [3.63, 3.8) is 0 Å². The highest BCUT2D eigenvalue weighted by Gasteiger charge is 2.20. The van der Waals surface area contributed by atoms with Gasteiger partial charge >= 0.3 is 12.0 Å². The normalized spacial score (nSPS) is 11.2. The third-order valence-corrected chi connectivity index (χ3v) is 3.44. The largest absolute Gasteiger partial charge is 0.481 e. The number of nitrogens with one attached hydrogen (secondary N) is 1. The molecular formula is C15H30N2O3. The second-order valence-corrected chi connectivity index (χ2v) is 6.00. The van der Waals surface area contributed by atoms with E-state index in [1.165, 1.54) is 24.2 Å². The lowest BCUT2D eigenvalue weighted by Gasteiger charge is -2.27. The minimum atomic E-state index is -0.879. The van der Waals surface area contributed by atoms with Crippen LogP contribution in [0.15, 0.2) is 0 Å². The number of aliphatic carboxylic acids is 1. The first kappa shape index (κ1) is 18.7. The molecule has 0 aliphatic rings. The number of unbranched alkanes of at least 4 members (excludes halogenated alkanes) is 2. The summed E-state index contributed by atoms with van der Waals surface area (Å²) in [6.07, 6.45) is 4.66. The summed E-state index contributed by atoms with van der Waals surface area (Å²) in [6.45, 7) is 9.74. The molecule has 0 heterocycles. The highest BCUT2D eigenvalue weighted by Crippen LogP contribution is 2.22. The van der Waals surface area contributed by atoms with Crippen molar-refractivity contribution in [3.05, 3.63) is 0 Å². The van der Waals surface area contributed by atoms with Crippen LogP contribution in [0.25, 0.3) is 0 Å². The van der Waals surface area contributed by atoms with Gasteiger partial charge in [-0.1, -0.05) is 40.0 Å². The zero-order valence-corrected chi connectivity index (χ0v) is 13.4. The molecule has 118 valence electrons. The zero-order valence-electron chi connectivity index (χ0n) is 13.4. The monoisotopic (exact) mass is 286 g/mol. The van der Waals surface area contributed by atoms with Crippen molar-refractivity contribution in [2.75, 3.05) is 19.6 Å². The van der Waals surface area contributed by atoms with E-state index < -0.39 is 5.97 Å². The van der Waals surface area contributed by atoms with Gasteiger partial charge in [-0.25, -0.2) is 4.79 Å². The average Bonchev–Trinajstić information content (AvgIpc) is 2.37. The van der Waals surface area contributed by atoms with Crippen molar-refractivity contribution in [1.29, 1.82) is 0 Å². The lowest BCUT2D eigenvalue weighted by atomic mass is 9.87. The van der Waals surface area contributed by atoms with E-state index in [4.69, 9.17) is 5.11 Å². The third-order valence-electron chi connectivity index (χ3n) is 3.44. The molecule has 2 N–H and O–H groups in total. The standard InChI is InChI=1S/C15H30N2O3/c1-5-7-8-10-15(3,4)12-16-14(20)17(6-2)11-9-13(18)19/h5-12H2,1-4H3,(H,16,20)(H,18,19). The van der Waals surface area contributed by atoms with Crippen LogP contribution in [0.1, 0.15) is 59.8 Å². The van der Waals surface area contributed by atoms with Gasteiger partial charge in [0.15, 0.2) is 0 Å². The van der Waals surface area contributed by atoms with Crippen molar-refractivity contribution < 1.29 is 14.7 Å². The molecule has 0 atom stereocenters. The highest BCUT2D eigenvalue weighted by atomic mass is 16.4. The molecule has 20 heavy (non-hydrogen) atoms. The minimum absolute atomic E-state index is 0.0127. The van der Waals surface area contributed by atoms with Crippen molar-refractivity contribution >= 4 is 12.0 Å². The molecule has 0 bridgehead atoms. The van der Waals surface area contributed by atoms with E-state index in [0.29, 0.717) is 13.1 Å². The van der Waals surface area contributed by atoms with E-state index in [-0.39, 0.29) is 24.4 Å². The Balaban J connectivity index is 4.12. The molecule has 0 radical (unpaired) electrons. The number of rotatable bonds is 10. The maximum atomic E-state index is 12.0. The van der Waals surface area contributed by atoms with Crippen LogP contribution in [-0.2, 0) is 4.79 Å². The molecule has 0 spiro atoms. The van der Waals surface area contributed by atoms with Gasteiger partial charge in [-0.3, -0.25) is 4.79 Å². The number of urea groups is 1. The summed E-state index contributed by atoms with van der Waals surface area (Å²) >= 11 is 0. The van der Waals surface area contributed by atoms with E-state index >= 15 is 0 Å². The number of carbonyl (C=O) groups is 2. The van der Waals surface area contributed by atoms with Gasteiger partial charge in [0.05, 0.1) is 6.42 Å². The molecule has 5 nitrogen and oxygen atoms in total. The van der Waals surface area contributed by atoms with Crippen LogP contribution in [0.4, 0.5) is 4.79 Å². The van der Waals surface area contributed by atoms with Gasteiger partial charge < -0.3 is 15.3 Å². The Kier molecular flexibility index (Phi) is 9.01. The lowest BCUT2D eigenvalue weighted by molar-refractivity contribution is -0.137. The highest BCUT2D eigenvalue weighted by molar-refractivity contribution is 5.75. The predicted octanol–water partition coefficient (Wildman–Crippen LogP) is 3.10. The molecule has 2 amide bonds. The number of hydrogen-bond acceptors (Lipinski definition) is 2. The Morgan fingerprint density at radius 1 is 1.20 bits per heavy atom. The maximum absolute atomic E-state index is 12.0. The number of hydrogen-bond donors (Lipinski definition) is 2. The van der Waals surface area contributed by atoms with Gasteiger partial charge in [0, 0.05) is 19.6 Å². The molecule has 0 aliphatic heterocycles. The number of nitrogens with zero attached hydrogens (tertiary/aromatic N) is 1. The topological polar surface area (TPSA) is 69.6 Å². The molecule has 0 aromatic carbocycles. The third kappa shape index (κ3) is 8.77. The predicted molar refractivity (Wildman–Crippen MR) is 80.8 cm³/mol. The van der Waals surface area contributed by atoms with E-state index in [1.54, 1.807) is 0 Å². The number of amides is 2. The molecule has 0 saturated heterocycles. The van der Waals surface area contributed by atoms with Gasteiger partial charge in [0.25, 0.3) is 0 Å². The summed E-state index contributed by atoms with van der Waals surface area (Å²) in [4.78, 5) is 24.1. The second kappa shape index (κ2) is 9.61. The first-order valence-electron chi connectivity index (χ1n) is 7.57. The summed E-state index contributed by atoms with van der Waals surface area (Å²) in [7, 11) is 0. The second-order valence-electron chi connectivity index (χ2n) is 6.00. The van der Waals surface area contributed by atoms with Crippen molar-refractivity contribution in [1.82, 2.24) is 10.2 Å². The van der Waals surface area contributed by atoms with Gasteiger partial charge in [-0.2, -0.15) is 0 Å². The van der Waals surface area contributed by atoms with Crippen LogP contribution in [0.2, 0.25) is 0 Å². The molecule has 0 aromatic rings. The Morgan fingerprint density at radius 3 is 2.35 bits per heavy atom. The molecule has 0 unspecified atom stereocenters. The number of carboxylic acids is 1. The van der Waals surface area contributed by atoms with E-state index in [0.717, 1.165) is 6.42 Å². The van der Waals surface area contributed by atoms with E-state index in [9.17, 15) is 9.59 Å². The van der Waals surface area contributed by atoms with Gasteiger partial charge in [-0.05, 0) is 18.8 Å². The van der Waals surface area contributed by atoms with Crippen LogP contribution < -0.4 is 5.32 Å². The fourth-order valence-electron chi connectivity index (χ4n) is 2.00. The van der Waals surface area contributed by atoms with Crippen LogP contribution in [0.3, 0.4) is 0 Å². The first-order chi connectivity index (χ1) is 9.32. The lowest BCUT2D eigenvalue weighted by Crippen LogP contribution is -2.44. The van der Waals surface area contributed by atoms with Crippen LogP contribution in [0.5, 0.6) is 0 Å². The summed E-state index contributed by atoms with van der Waals surface area (Å²) in [6, 6.07) is -0.169. The average molecular weight is 286 g/mol. The number of carboxylic acid groups (broad SMARTS) is 1. The van der Waals surface area contributed by atoms with Crippen molar-refractivity contribution in [2.24, 2.45) is 5.41 Å². The van der Waals surface area contributed by atoms with Crippen LogP contribution in [-0.4, -0.2) is 41.6 Å². The van der Waals surface area contributed by atoms with Gasteiger partial charge in [-0.15, -0.1) is 0 Å². The molecule has 0 fully saturated rings. The molecule has 0 aliphatic carbocycles. The maximum Gasteiger partial charge on any atom is 0.317 e. The van der Waals surface area contributed by atoms with E-state index in [1.807, 2.05) is 6.92 Å². The fraction of sp³-hybridized carbons (Fsp3) is 0.867. The molecule has 5 heteroatoms. The smallest absolute Gasteiger partial charge is 0.317 e. The minimum Gasteiger partial charge on any atom is -0.481 e. The fourth-order valence-corrected chi connectivity index (χ4v) is 2.00. The summed E-state index contributed by atoms with van der Waals surface area (Å²) in [5, 5.41) is 11.6. The Hall–Kier alpha value is -1.26. The Morgan fingerprint density at radius 2 is 1.85 bits per heavy atom. The van der Waals surface area contributed by atoms with Crippen molar-refractivity contribution in [2.45, 2.75) is 59.8 Å². The summed E-state index contributed by atoms with van der Waals surface area (Å²) in [5.74, 6) is -0.879. The van der Waals surface area contributed by atoms with E-state index in [2.05, 4.69) is 26.1 Å². The van der Waals surface area contributed by atoms with Gasteiger partial charge in [0.2, 0.25) is 0 Å². The number of carbonyl (C=O) groups excluding carboxylic acids is 1. The van der Waals surface area contributed by atoms with Crippen LogP contribution >= 0.6 is 0 Å². The molecular weight excluding hydrogens is 256 g/mol. The Bertz CT molecular complexity index is 303. The quantitative estimate of drug-likeness (QED) is 0.606. The summed E-state index contributed by atoms with van der Waals surface area (Å²) in [5.41, 5.74) is 0.0804. The molecule has 0 rings (SSSR count). The molecule has 0 saturated carbocycles. The van der Waals surface area contributed by atoms with Crippen molar-refractivity contribution in [3.8, 4) is 0 Å².